The zero-order valence-electron chi connectivity index (χ0n) is 13.0. The standard InChI is InChI=1S/C17H26N2O2/c1-17(2)10-7-14(8-11-17)19-13-3-5-15(6-4-13)21-12-9-16(18)20/h3-6,14,19H,7-12H2,1-2H3,(H2,18,20). The predicted octanol–water partition coefficient (Wildman–Crippen LogP) is 3.32. The van der Waals surface area contributed by atoms with Crippen molar-refractivity contribution in [3.63, 3.8) is 0 Å². The molecular weight excluding hydrogens is 264 g/mol. The molecule has 1 aromatic rings. The molecule has 0 unspecified atom stereocenters. The van der Waals surface area contributed by atoms with Gasteiger partial charge in [-0.25, -0.2) is 0 Å². The Bertz CT molecular complexity index is 458. The molecule has 1 saturated carbocycles. The summed E-state index contributed by atoms with van der Waals surface area (Å²) in [5.41, 5.74) is 6.70. The SMILES string of the molecule is CC1(C)CCC(Nc2ccc(OCCC(N)=O)cc2)CC1. The van der Waals surface area contributed by atoms with Crippen LogP contribution in [0.25, 0.3) is 0 Å². The average molecular weight is 290 g/mol. The summed E-state index contributed by atoms with van der Waals surface area (Å²) in [7, 11) is 0. The fraction of sp³-hybridized carbons (Fsp3) is 0.588. The lowest BCUT2D eigenvalue weighted by Crippen LogP contribution is -2.29. The van der Waals surface area contributed by atoms with Crippen molar-refractivity contribution in [2.75, 3.05) is 11.9 Å². The normalized spacial score (nSPS) is 18.2. The van der Waals surface area contributed by atoms with Gasteiger partial charge in [0.15, 0.2) is 0 Å². The average Bonchev–Trinajstić information content (AvgIpc) is 2.43. The van der Waals surface area contributed by atoms with Crippen LogP contribution in [0.3, 0.4) is 0 Å². The lowest BCUT2D eigenvalue weighted by atomic mass is 9.75. The monoisotopic (exact) mass is 290 g/mol. The highest BCUT2D eigenvalue weighted by Crippen LogP contribution is 2.36. The number of primary amides is 1. The lowest BCUT2D eigenvalue weighted by molar-refractivity contribution is -0.118. The Balaban J connectivity index is 1.78. The maximum Gasteiger partial charge on any atom is 0.220 e. The first-order valence-corrected chi connectivity index (χ1v) is 7.72. The van der Waals surface area contributed by atoms with E-state index < -0.39 is 0 Å². The molecule has 4 nitrogen and oxygen atoms in total. The van der Waals surface area contributed by atoms with Crippen molar-refractivity contribution < 1.29 is 9.53 Å². The Labute approximate surface area is 127 Å². The molecule has 3 N–H and O–H groups in total. The molecule has 116 valence electrons. The van der Waals surface area contributed by atoms with E-state index >= 15 is 0 Å². The fourth-order valence-corrected chi connectivity index (χ4v) is 2.70. The molecule has 1 aliphatic rings. The van der Waals surface area contributed by atoms with Gasteiger partial charge < -0.3 is 15.8 Å². The number of carbonyl (C=O) groups excluding carboxylic acids is 1. The Morgan fingerprint density at radius 1 is 1.29 bits per heavy atom. The van der Waals surface area contributed by atoms with Gasteiger partial charge in [0.25, 0.3) is 0 Å². The van der Waals surface area contributed by atoms with Crippen molar-refractivity contribution >= 4 is 11.6 Å². The van der Waals surface area contributed by atoms with Crippen molar-refractivity contribution in [3.05, 3.63) is 24.3 Å². The molecule has 0 spiro atoms. The van der Waals surface area contributed by atoms with Gasteiger partial charge in [-0.3, -0.25) is 4.79 Å². The second-order valence-electron chi connectivity index (χ2n) is 6.67. The summed E-state index contributed by atoms with van der Waals surface area (Å²) in [6, 6.07) is 8.48. The van der Waals surface area contributed by atoms with E-state index in [0.29, 0.717) is 18.1 Å². The maximum absolute atomic E-state index is 10.6. The lowest BCUT2D eigenvalue weighted by Gasteiger charge is -2.35. The van der Waals surface area contributed by atoms with Gasteiger partial charge in [-0.15, -0.1) is 0 Å². The molecule has 0 heterocycles. The highest BCUT2D eigenvalue weighted by molar-refractivity contribution is 5.73. The van der Waals surface area contributed by atoms with Gasteiger partial charge in [0, 0.05) is 11.7 Å². The Morgan fingerprint density at radius 2 is 1.90 bits per heavy atom. The minimum Gasteiger partial charge on any atom is -0.493 e. The first kappa shape index (κ1) is 15.7. The molecule has 0 aliphatic heterocycles. The van der Waals surface area contributed by atoms with E-state index in [1.807, 2.05) is 24.3 Å². The van der Waals surface area contributed by atoms with Crippen LogP contribution in [0, 0.1) is 5.41 Å². The van der Waals surface area contributed by atoms with Crippen LogP contribution < -0.4 is 15.8 Å². The van der Waals surface area contributed by atoms with Crippen LogP contribution in [0.15, 0.2) is 24.3 Å². The number of hydrogen-bond acceptors (Lipinski definition) is 3. The summed E-state index contributed by atoms with van der Waals surface area (Å²) in [6.07, 6.45) is 5.25. The molecule has 2 rings (SSSR count). The van der Waals surface area contributed by atoms with Crippen LogP contribution in [0.1, 0.15) is 46.0 Å². The summed E-state index contributed by atoms with van der Waals surface area (Å²) < 4.78 is 5.46. The van der Waals surface area contributed by atoms with Gasteiger partial charge in [0.2, 0.25) is 5.91 Å². The zero-order chi connectivity index (χ0) is 15.3. The van der Waals surface area contributed by atoms with Crippen LogP contribution in [-0.4, -0.2) is 18.6 Å². The topological polar surface area (TPSA) is 64.3 Å². The molecule has 21 heavy (non-hydrogen) atoms. The largest absolute Gasteiger partial charge is 0.493 e. The number of benzene rings is 1. The van der Waals surface area contributed by atoms with Gasteiger partial charge in [-0.05, 0) is 55.4 Å². The number of nitrogens with one attached hydrogen (secondary N) is 1. The second-order valence-corrected chi connectivity index (χ2v) is 6.67. The van der Waals surface area contributed by atoms with Gasteiger partial charge >= 0.3 is 0 Å². The Kier molecular flexibility index (Phi) is 5.10. The molecule has 1 aromatic carbocycles. The van der Waals surface area contributed by atoms with Gasteiger partial charge in [0.1, 0.15) is 5.75 Å². The van der Waals surface area contributed by atoms with Crippen molar-refractivity contribution in [2.45, 2.75) is 52.0 Å². The van der Waals surface area contributed by atoms with Crippen molar-refractivity contribution in [1.82, 2.24) is 0 Å². The van der Waals surface area contributed by atoms with Crippen LogP contribution >= 0.6 is 0 Å². The van der Waals surface area contributed by atoms with Crippen LogP contribution in [0.5, 0.6) is 5.75 Å². The third-order valence-corrected chi connectivity index (χ3v) is 4.18. The number of amides is 1. The summed E-state index contributed by atoms with van der Waals surface area (Å²) in [5.74, 6) is 0.431. The van der Waals surface area contributed by atoms with Crippen molar-refractivity contribution in [1.29, 1.82) is 0 Å². The molecule has 0 bridgehead atoms. The quantitative estimate of drug-likeness (QED) is 0.844. The minimum atomic E-state index is -0.339. The molecule has 0 radical (unpaired) electrons. The van der Waals surface area contributed by atoms with Crippen LogP contribution in [0.4, 0.5) is 5.69 Å². The van der Waals surface area contributed by atoms with E-state index in [1.165, 1.54) is 25.7 Å². The fourth-order valence-electron chi connectivity index (χ4n) is 2.70. The van der Waals surface area contributed by atoms with Crippen molar-refractivity contribution in [3.8, 4) is 5.75 Å². The third kappa shape index (κ3) is 5.29. The van der Waals surface area contributed by atoms with E-state index in [4.69, 9.17) is 10.5 Å². The smallest absolute Gasteiger partial charge is 0.220 e. The number of rotatable bonds is 6. The minimum absolute atomic E-state index is 0.248. The molecule has 4 heteroatoms. The summed E-state index contributed by atoms with van der Waals surface area (Å²) >= 11 is 0. The zero-order valence-corrected chi connectivity index (χ0v) is 13.0. The van der Waals surface area contributed by atoms with Crippen LogP contribution in [0.2, 0.25) is 0 Å². The maximum atomic E-state index is 10.6. The van der Waals surface area contributed by atoms with E-state index in [1.54, 1.807) is 0 Å². The second kappa shape index (κ2) is 6.83. The van der Waals surface area contributed by atoms with Crippen LogP contribution in [-0.2, 0) is 4.79 Å². The third-order valence-electron chi connectivity index (χ3n) is 4.18. The first-order chi connectivity index (χ1) is 9.94. The van der Waals surface area contributed by atoms with E-state index in [0.717, 1.165) is 11.4 Å². The highest BCUT2D eigenvalue weighted by Gasteiger charge is 2.26. The molecule has 1 amide bonds. The summed E-state index contributed by atoms with van der Waals surface area (Å²) in [6.45, 7) is 5.03. The Hall–Kier alpha value is -1.71. The number of hydrogen-bond donors (Lipinski definition) is 2. The molecule has 0 saturated heterocycles. The summed E-state index contributed by atoms with van der Waals surface area (Å²) in [5, 5.41) is 3.59. The number of carbonyl (C=O) groups is 1. The Morgan fingerprint density at radius 3 is 2.48 bits per heavy atom. The molecule has 1 fully saturated rings. The number of ether oxygens (including phenoxy) is 1. The van der Waals surface area contributed by atoms with Gasteiger partial charge in [0.05, 0.1) is 13.0 Å². The van der Waals surface area contributed by atoms with Crippen molar-refractivity contribution in [2.24, 2.45) is 11.1 Å². The van der Waals surface area contributed by atoms with Gasteiger partial charge in [-0.2, -0.15) is 0 Å². The summed E-state index contributed by atoms with van der Waals surface area (Å²) in [4.78, 5) is 10.6. The molecule has 1 aliphatic carbocycles. The molecule has 0 atom stereocenters. The van der Waals surface area contributed by atoms with E-state index in [9.17, 15) is 4.79 Å². The first-order valence-electron chi connectivity index (χ1n) is 7.72. The number of nitrogens with two attached hydrogens (primary N) is 1. The van der Waals surface area contributed by atoms with E-state index in [-0.39, 0.29) is 12.3 Å². The molecular formula is C17H26N2O2. The predicted molar refractivity (Wildman–Crippen MR) is 85.4 cm³/mol. The number of anilines is 1. The molecule has 0 aromatic heterocycles. The van der Waals surface area contributed by atoms with Gasteiger partial charge in [-0.1, -0.05) is 13.8 Å². The van der Waals surface area contributed by atoms with E-state index in [2.05, 4.69) is 19.2 Å². The highest BCUT2D eigenvalue weighted by atomic mass is 16.5.